The second-order valence-electron chi connectivity index (χ2n) is 3.78. The van der Waals surface area contributed by atoms with Crippen molar-refractivity contribution < 1.29 is 18.4 Å². The molecule has 2 aromatic carbocycles. The summed E-state index contributed by atoms with van der Waals surface area (Å²) in [7, 11) is 0. The van der Waals surface area contributed by atoms with Crippen LogP contribution in [0, 0.1) is 17.5 Å². The van der Waals surface area contributed by atoms with Crippen LogP contribution in [0.1, 0.15) is 5.56 Å². The summed E-state index contributed by atoms with van der Waals surface area (Å²) in [6.07, 6.45) is 0. The van der Waals surface area contributed by atoms with E-state index >= 15 is 0 Å². The van der Waals surface area contributed by atoms with E-state index < -0.39 is 23.3 Å². The number of hydrogen-bond acceptors (Lipinski definition) is 3. The molecule has 20 heavy (non-hydrogen) atoms. The van der Waals surface area contributed by atoms with Crippen molar-refractivity contribution in [3.05, 3.63) is 59.4 Å². The minimum atomic E-state index is -1.00. The molecular weight excluding hydrogens is 289 g/mol. The summed E-state index contributed by atoms with van der Waals surface area (Å²) in [5, 5.41) is 11.4. The highest BCUT2D eigenvalue weighted by atomic mass is 32.2. The third-order valence-corrected chi connectivity index (χ3v) is 3.51. The molecule has 0 heterocycles. The normalized spacial score (nSPS) is 11.7. The van der Waals surface area contributed by atoms with Gasteiger partial charge in [-0.05, 0) is 30.3 Å². The molecule has 0 aliphatic heterocycles. The zero-order chi connectivity index (χ0) is 14.7. The highest BCUT2D eigenvalue weighted by Crippen LogP contribution is 2.32. The lowest BCUT2D eigenvalue weighted by atomic mass is 10.2. The first-order valence-electron chi connectivity index (χ1n) is 5.42. The van der Waals surface area contributed by atoms with Crippen LogP contribution in [0.2, 0.25) is 0 Å². The molecule has 0 aliphatic rings. The van der Waals surface area contributed by atoms with Crippen LogP contribution < -0.4 is 5.73 Å². The molecule has 0 spiro atoms. The number of amidine groups is 1. The van der Waals surface area contributed by atoms with Gasteiger partial charge in [-0.15, -0.1) is 0 Å². The van der Waals surface area contributed by atoms with Gasteiger partial charge in [-0.2, -0.15) is 0 Å². The maximum absolute atomic E-state index is 13.7. The van der Waals surface area contributed by atoms with Gasteiger partial charge in [0, 0.05) is 9.79 Å². The van der Waals surface area contributed by atoms with Crippen LogP contribution in [-0.4, -0.2) is 11.0 Å². The fourth-order valence-electron chi connectivity index (χ4n) is 1.56. The van der Waals surface area contributed by atoms with Gasteiger partial charge in [-0.25, -0.2) is 13.2 Å². The summed E-state index contributed by atoms with van der Waals surface area (Å²) in [5.41, 5.74) is 5.32. The lowest BCUT2D eigenvalue weighted by Gasteiger charge is -2.09. The molecule has 0 radical (unpaired) electrons. The van der Waals surface area contributed by atoms with E-state index in [0.717, 1.165) is 30.0 Å². The van der Waals surface area contributed by atoms with E-state index in [-0.39, 0.29) is 5.56 Å². The van der Waals surface area contributed by atoms with Crippen molar-refractivity contribution in [3.8, 4) is 0 Å². The van der Waals surface area contributed by atoms with Gasteiger partial charge >= 0.3 is 0 Å². The van der Waals surface area contributed by atoms with E-state index in [9.17, 15) is 13.2 Å². The van der Waals surface area contributed by atoms with Crippen molar-refractivity contribution in [1.29, 1.82) is 0 Å². The zero-order valence-electron chi connectivity index (χ0n) is 9.98. The van der Waals surface area contributed by atoms with Crippen LogP contribution in [0.3, 0.4) is 0 Å². The number of benzene rings is 2. The van der Waals surface area contributed by atoms with Crippen molar-refractivity contribution in [2.24, 2.45) is 10.9 Å². The van der Waals surface area contributed by atoms with Crippen molar-refractivity contribution in [3.63, 3.8) is 0 Å². The van der Waals surface area contributed by atoms with Crippen LogP contribution in [0.5, 0.6) is 0 Å². The van der Waals surface area contributed by atoms with Crippen LogP contribution in [0.15, 0.2) is 51.3 Å². The van der Waals surface area contributed by atoms with E-state index in [0.29, 0.717) is 9.79 Å². The summed E-state index contributed by atoms with van der Waals surface area (Å²) >= 11 is 0.976. The highest BCUT2D eigenvalue weighted by Gasteiger charge is 2.14. The Morgan fingerprint density at radius 2 is 1.80 bits per heavy atom. The maximum atomic E-state index is 13.7. The number of rotatable bonds is 3. The number of oxime groups is 1. The first kappa shape index (κ1) is 14.3. The lowest BCUT2D eigenvalue weighted by molar-refractivity contribution is 0.318. The van der Waals surface area contributed by atoms with Crippen LogP contribution in [0.4, 0.5) is 13.2 Å². The Kier molecular flexibility index (Phi) is 4.19. The second kappa shape index (κ2) is 5.87. The van der Waals surface area contributed by atoms with Crippen LogP contribution >= 0.6 is 11.8 Å². The molecule has 0 fully saturated rings. The maximum Gasteiger partial charge on any atom is 0.174 e. The molecule has 0 saturated carbocycles. The summed E-state index contributed by atoms with van der Waals surface area (Å²) in [6.45, 7) is 0. The Hall–Kier alpha value is -2.15. The van der Waals surface area contributed by atoms with E-state index in [2.05, 4.69) is 5.16 Å². The van der Waals surface area contributed by atoms with Crippen molar-refractivity contribution in [2.75, 3.05) is 0 Å². The van der Waals surface area contributed by atoms with Crippen molar-refractivity contribution in [1.82, 2.24) is 0 Å². The predicted octanol–water partition coefficient (Wildman–Crippen LogP) is 3.35. The molecule has 3 N–H and O–H groups in total. The number of nitrogens with two attached hydrogens (primary N) is 1. The fourth-order valence-corrected chi connectivity index (χ4v) is 2.56. The van der Waals surface area contributed by atoms with Gasteiger partial charge in [-0.3, -0.25) is 0 Å². The zero-order valence-corrected chi connectivity index (χ0v) is 10.8. The Bertz CT molecular complexity index is 677. The fraction of sp³-hybridized carbons (Fsp3) is 0. The summed E-state index contributed by atoms with van der Waals surface area (Å²) < 4.78 is 39.7. The highest BCUT2D eigenvalue weighted by molar-refractivity contribution is 7.99. The minimum absolute atomic E-state index is 0.0928. The van der Waals surface area contributed by atoms with Crippen molar-refractivity contribution in [2.45, 2.75) is 9.79 Å². The second-order valence-corrected chi connectivity index (χ2v) is 4.89. The summed E-state index contributed by atoms with van der Waals surface area (Å²) in [4.78, 5) is 0.688. The number of nitrogens with zero attached hydrogens (tertiary/aromatic N) is 1. The Morgan fingerprint density at radius 1 is 1.05 bits per heavy atom. The molecule has 0 unspecified atom stereocenters. The van der Waals surface area contributed by atoms with Gasteiger partial charge in [-0.1, -0.05) is 23.0 Å². The number of halogens is 3. The van der Waals surface area contributed by atoms with Crippen molar-refractivity contribution >= 4 is 17.6 Å². The molecule has 0 saturated heterocycles. The summed E-state index contributed by atoms with van der Waals surface area (Å²) in [5.74, 6) is -3.04. The molecule has 0 amide bonds. The van der Waals surface area contributed by atoms with E-state index in [1.54, 1.807) is 0 Å². The van der Waals surface area contributed by atoms with Gasteiger partial charge < -0.3 is 10.9 Å². The van der Waals surface area contributed by atoms with E-state index in [4.69, 9.17) is 10.9 Å². The van der Waals surface area contributed by atoms with Gasteiger partial charge in [0.2, 0.25) is 0 Å². The first-order valence-corrected chi connectivity index (χ1v) is 6.24. The first-order chi connectivity index (χ1) is 9.52. The molecule has 3 nitrogen and oxygen atoms in total. The average molecular weight is 298 g/mol. The Morgan fingerprint density at radius 3 is 2.45 bits per heavy atom. The standard InChI is InChI=1S/C13H9F3N2OS/c14-8-5-4-7(6-10(8)16)20-11-3-1-2-9(15)12(11)13(17)18-19/h1-6,19H,(H2,17,18). The largest absolute Gasteiger partial charge is 0.409 e. The van der Waals surface area contributed by atoms with E-state index in [1.165, 1.54) is 18.2 Å². The minimum Gasteiger partial charge on any atom is -0.409 e. The monoisotopic (exact) mass is 298 g/mol. The quantitative estimate of drug-likeness (QED) is 0.395. The smallest absolute Gasteiger partial charge is 0.174 e. The van der Waals surface area contributed by atoms with E-state index in [1.807, 2.05) is 0 Å². The third kappa shape index (κ3) is 2.88. The molecule has 0 aromatic heterocycles. The third-order valence-electron chi connectivity index (χ3n) is 2.46. The lowest BCUT2D eigenvalue weighted by Crippen LogP contribution is -2.16. The Balaban J connectivity index is 2.43. The Labute approximate surface area is 116 Å². The molecule has 0 aliphatic carbocycles. The van der Waals surface area contributed by atoms with Crippen LogP contribution in [0.25, 0.3) is 0 Å². The van der Waals surface area contributed by atoms with Gasteiger partial charge in [0.15, 0.2) is 17.5 Å². The van der Waals surface area contributed by atoms with Gasteiger partial charge in [0.25, 0.3) is 0 Å². The molecule has 7 heteroatoms. The molecule has 0 bridgehead atoms. The topological polar surface area (TPSA) is 58.6 Å². The van der Waals surface area contributed by atoms with Gasteiger partial charge in [0.1, 0.15) is 5.82 Å². The predicted molar refractivity (Wildman–Crippen MR) is 69.4 cm³/mol. The molecule has 2 aromatic rings. The molecule has 0 atom stereocenters. The molecule has 2 rings (SSSR count). The SMILES string of the molecule is NC(=NO)c1c(F)cccc1Sc1ccc(F)c(F)c1. The number of hydrogen-bond donors (Lipinski definition) is 2. The molecular formula is C13H9F3N2OS. The molecule has 104 valence electrons. The summed E-state index contributed by atoms with van der Waals surface area (Å²) in [6, 6.07) is 7.43. The van der Waals surface area contributed by atoms with Gasteiger partial charge in [0.05, 0.1) is 5.56 Å². The average Bonchev–Trinajstić information content (AvgIpc) is 2.42. The van der Waals surface area contributed by atoms with Crippen LogP contribution in [-0.2, 0) is 0 Å².